The Bertz CT molecular complexity index is 1100. The molecule has 0 bridgehead atoms. The number of carbonyl (C=O) groups excluding carboxylic acids is 2. The molecule has 0 aliphatic heterocycles. The molecule has 2 N–H and O–H groups in total. The van der Waals surface area contributed by atoms with Crippen molar-refractivity contribution in [3.05, 3.63) is 51.9 Å². The minimum Gasteiger partial charge on any atom is -0.393 e. The number of nitroso groups, excluding NO2 is 1. The van der Waals surface area contributed by atoms with Crippen molar-refractivity contribution in [2.24, 2.45) is 11.1 Å². The van der Waals surface area contributed by atoms with E-state index in [9.17, 15) is 29.1 Å². The van der Waals surface area contributed by atoms with Gasteiger partial charge in [-0.2, -0.15) is 5.10 Å². The Labute approximate surface area is 223 Å². The van der Waals surface area contributed by atoms with Crippen LogP contribution in [0, 0.1) is 16.6 Å². The smallest absolute Gasteiger partial charge is 0.288 e. The Kier molecular flexibility index (Phi) is 10.7. The van der Waals surface area contributed by atoms with E-state index in [0.717, 1.165) is 24.1 Å². The van der Waals surface area contributed by atoms with E-state index in [1.807, 2.05) is 13.8 Å². The Morgan fingerprint density at radius 3 is 2.39 bits per heavy atom. The third-order valence-corrected chi connectivity index (χ3v) is 7.25. The predicted octanol–water partition coefficient (Wildman–Crippen LogP) is 4.51. The van der Waals surface area contributed by atoms with Gasteiger partial charge in [0.25, 0.3) is 11.8 Å². The second-order valence-electron chi connectivity index (χ2n) is 10.7. The molecule has 0 saturated heterocycles. The van der Waals surface area contributed by atoms with Gasteiger partial charge in [-0.1, -0.05) is 33.1 Å². The first-order valence-corrected chi connectivity index (χ1v) is 13.5. The van der Waals surface area contributed by atoms with Crippen LogP contribution in [0.4, 0.5) is 4.39 Å². The van der Waals surface area contributed by atoms with Crippen LogP contribution in [0.25, 0.3) is 5.69 Å². The van der Waals surface area contributed by atoms with Gasteiger partial charge in [0.05, 0.1) is 24.3 Å². The van der Waals surface area contributed by atoms with E-state index in [2.05, 4.69) is 5.18 Å². The number of aromatic nitrogens is 2. The minimum absolute atomic E-state index is 0.0553. The van der Waals surface area contributed by atoms with E-state index in [-0.39, 0.29) is 30.5 Å². The maximum atomic E-state index is 13.7. The lowest BCUT2D eigenvalue weighted by molar-refractivity contribution is -0.120. The summed E-state index contributed by atoms with van der Waals surface area (Å²) >= 11 is 0. The molecule has 9 nitrogen and oxygen atoms in total. The zero-order valence-electron chi connectivity index (χ0n) is 22.5. The first-order valence-electron chi connectivity index (χ1n) is 13.5. The highest BCUT2D eigenvalue weighted by Gasteiger charge is 2.29. The van der Waals surface area contributed by atoms with Gasteiger partial charge < -0.3 is 15.1 Å². The molecule has 0 unspecified atom stereocenters. The molecule has 1 heterocycles. The number of carbonyl (C=O) groups is 2. The van der Waals surface area contributed by atoms with E-state index >= 15 is 0 Å². The Morgan fingerprint density at radius 1 is 1.13 bits per heavy atom. The molecule has 38 heavy (non-hydrogen) atoms. The van der Waals surface area contributed by atoms with E-state index in [0.29, 0.717) is 30.3 Å². The molecule has 10 heteroatoms. The summed E-state index contributed by atoms with van der Waals surface area (Å²) in [5, 5.41) is 27.5. The highest BCUT2D eigenvalue weighted by Crippen LogP contribution is 2.30. The monoisotopic (exact) mass is 530 g/mol. The van der Waals surface area contributed by atoms with E-state index in [1.165, 1.54) is 31.4 Å². The van der Waals surface area contributed by atoms with Crippen molar-refractivity contribution in [3.63, 3.8) is 0 Å². The van der Waals surface area contributed by atoms with Gasteiger partial charge in [-0.05, 0) is 68.2 Å². The normalized spacial score (nSPS) is 15.9. The summed E-state index contributed by atoms with van der Waals surface area (Å²) in [5.74, 6) is -1.11. The molecular weight excluding hydrogens is 491 g/mol. The number of rotatable bonds is 12. The average Bonchev–Trinajstić information content (AvgIpc) is 3.27. The number of aliphatic hydroxyl groups is 2. The number of benzene rings is 1. The van der Waals surface area contributed by atoms with Crippen LogP contribution in [0.1, 0.15) is 92.9 Å². The van der Waals surface area contributed by atoms with E-state index in [1.54, 1.807) is 28.8 Å². The zero-order valence-corrected chi connectivity index (χ0v) is 22.5. The van der Waals surface area contributed by atoms with Gasteiger partial charge in [0, 0.05) is 30.0 Å². The first kappa shape index (κ1) is 29.6. The number of aliphatic hydroxyl groups excluding tert-OH is 2. The van der Waals surface area contributed by atoms with Crippen LogP contribution in [0.2, 0.25) is 0 Å². The summed E-state index contributed by atoms with van der Waals surface area (Å²) < 4.78 is 15.3. The molecule has 2 atom stereocenters. The highest BCUT2D eigenvalue weighted by molar-refractivity contribution is 5.94. The largest absolute Gasteiger partial charge is 0.393 e. The van der Waals surface area contributed by atoms with Crippen LogP contribution >= 0.6 is 0 Å². The average molecular weight is 531 g/mol. The lowest BCUT2D eigenvalue weighted by Gasteiger charge is -2.27. The number of amides is 2. The van der Waals surface area contributed by atoms with Crippen molar-refractivity contribution >= 4 is 11.8 Å². The second-order valence-corrected chi connectivity index (χ2v) is 10.7. The third-order valence-electron chi connectivity index (χ3n) is 7.25. The molecule has 1 saturated carbocycles. The van der Waals surface area contributed by atoms with Gasteiger partial charge in [0.2, 0.25) is 0 Å². The highest BCUT2D eigenvalue weighted by atomic mass is 19.1. The molecule has 1 aromatic carbocycles. The molecule has 1 fully saturated rings. The van der Waals surface area contributed by atoms with E-state index < -0.39 is 24.5 Å². The van der Waals surface area contributed by atoms with Crippen LogP contribution in [-0.2, 0) is 11.2 Å². The van der Waals surface area contributed by atoms with Gasteiger partial charge in [-0.15, -0.1) is 4.91 Å². The predicted molar refractivity (Wildman–Crippen MR) is 142 cm³/mol. The summed E-state index contributed by atoms with van der Waals surface area (Å²) in [7, 11) is 1.80. The van der Waals surface area contributed by atoms with Gasteiger partial charge in [-0.25, -0.2) is 9.07 Å². The van der Waals surface area contributed by atoms with Gasteiger partial charge in [0.15, 0.2) is 5.69 Å². The van der Waals surface area contributed by atoms with Crippen molar-refractivity contribution in [3.8, 4) is 5.69 Å². The molecule has 3 rings (SSSR count). The second kappa shape index (κ2) is 13.7. The standard InChI is InChI=1S/C28H39FN4O5/c1-18(2)26-24(14-13-22(34)15-23(35)16-25(36)31-38)33(21-11-9-20(29)10-12-21)30-27(26)28(37)32(3)17-19-7-5-4-6-8-19/h9-12,18-19,22-23,34-35H,4-8,13-17H2,1-3H3/t22-,23-/m1/s1. The Morgan fingerprint density at radius 2 is 1.79 bits per heavy atom. The van der Waals surface area contributed by atoms with Crippen LogP contribution in [0.5, 0.6) is 0 Å². The zero-order chi connectivity index (χ0) is 27.8. The minimum atomic E-state index is -1.19. The Hall–Kier alpha value is -2.98. The third kappa shape index (κ3) is 7.77. The van der Waals surface area contributed by atoms with E-state index in [4.69, 9.17) is 5.10 Å². The molecule has 0 spiro atoms. The maximum Gasteiger partial charge on any atom is 0.288 e. The van der Waals surface area contributed by atoms with Crippen LogP contribution in [0.15, 0.2) is 29.4 Å². The summed E-state index contributed by atoms with van der Waals surface area (Å²) in [4.78, 5) is 36.9. The molecule has 1 aromatic heterocycles. The maximum absolute atomic E-state index is 13.7. The fourth-order valence-electron chi connectivity index (χ4n) is 5.34. The van der Waals surface area contributed by atoms with Crippen molar-refractivity contribution in [2.45, 2.75) is 89.8 Å². The molecule has 1 aliphatic carbocycles. The van der Waals surface area contributed by atoms with Crippen LogP contribution < -0.4 is 0 Å². The molecule has 2 amide bonds. The van der Waals surface area contributed by atoms with Gasteiger partial charge in [-0.3, -0.25) is 9.59 Å². The topological polar surface area (TPSA) is 125 Å². The first-order chi connectivity index (χ1) is 18.1. The summed E-state index contributed by atoms with van der Waals surface area (Å²) in [5.41, 5.74) is 2.42. The molecule has 2 aromatic rings. The van der Waals surface area contributed by atoms with Crippen molar-refractivity contribution in [1.29, 1.82) is 0 Å². The molecule has 208 valence electrons. The quantitative estimate of drug-likeness (QED) is 0.389. The van der Waals surface area contributed by atoms with Crippen LogP contribution in [0.3, 0.4) is 0 Å². The fourth-order valence-corrected chi connectivity index (χ4v) is 5.34. The fraction of sp³-hybridized carbons (Fsp3) is 0.607. The number of halogens is 1. The Balaban J connectivity index is 1.89. The van der Waals surface area contributed by atoms with Crippen molar-refractivity contribution < 1.29 is 24.2 Å². The molecular formula is C28H39FN4O5. The number of hydrogen-bond acceptors (Lipinski definition) is 6. The lowest BCUT2D eigenvalue weighted by Crippen LogP contribution is -2.33. The summed E-state index contributed by atoms with van der Waals surface area (Å²) in [6, 6.07) is 5.84. The molecule has 0 radical (unpaired) electrons. The molecule has 1 aliphatic rings. The van der Waals surface area contributed by atoms with Crippen molar-refractivity contribution in [2.75, 3.05) is 13.6 Å². The SMILES string of the molecule is CC(C)c1c(C(=O)N(C)CC2CCCCC2)nn(-c2ccc(F)cc2)c1CC[C@@H](O)C[C@@H](O)CC(=O)N=O. The van der Waals surface area contributed by atoms with Crippen molar-refractivity contribution in [1.82, 2.24) is 14.7 Å². The summed E-state index contributed by atoms with van der Waals surface area (Å²) in [6.07, 6.45) is 3.68. The lowest BCUT2D eigenvalue weighted by atomic mass is 9.89. The van der Waals surface area contributed by atoms with Gasteiger partial charge >= 0.3 is 0 Å². The summed E-state index contributed by atoms with van der Waals surface area (Å²) in [6.45, 7) is 4.62. The number of hydrogen-bond donors (Lipinski definition) is 2. The number of nitrogens with zero attached hydrogens (tertiary/aromatic N) is 4. The van der Waals surface area contributed by atoms with Gasteiger partial charge in [0.1, 0.15) is 5.82 Å². The van der Waals surface area contributed by atoms with Crippen LogP contribution in [-0.4, -0.2) is 62.5 Å².